The molecule has 0 fully saturated rings. The van der Waals surface area contributed by atoms with E-state index in [0.29, 0.717) is 56.6 Å². The first kappa shape index (κ1) is 26.8. The molecule has 2 amide bonds. The van der Waals surface area contributed by atoms with Gasteiger partial charge in [-0.3, -0.25) is 19.2 Å². The number of hydrogen-bond donors (Lipinski definition) is 2. The second kappa shape index (κ2) is 11.5. The van der Waals surface area contributed by atoms with Crippen molar-refractivity contribution in [2.45, 2.75) is 13.8 Å². The molecule has 1 aromatic heterocycles. The van der Waals surface area contributed by atoms with Gasteiger partial charge in [0.2, 0.25) is 5.89 Å². The van der Waals surface area contributed by atoms with Crippen LogP contribution in [0.25, 0.3) is 22.6 Å². The summed E-state index contributed by atoms with van der Waals surface area (Å²) < 4.78 is 15.9. The number of rotatable bonds is 7. The molecule has 0 spiro atoms. The van der Waals surface area contributed by atoms with Crippen molar-refractivity contribution in [1.29, 1.82) is 0 Å². The van der Waals surface area contributed by atoms with E-state index in [2.05, 4.69) is 15.6 Å². The summed E-state index contributed by atoms with van der Waals surface area (Å²) in [5.41, 5.74) is 3.53. The van der Waals surface area contributed by atoms with Crippen molar-refractivity contribution < 1.29 is 33.1 Å². The molecular weight excluding hydrogens is 526 g/mol. The third kappa shape index (κ3) is 6.63. The average molecular weight is 550 g/mol. The Morgan fingerprint density at radius 2 is 1.20 bits per heavy atom. The van der Waals surface area contributed by atoms with Crippen molar-refractivity contribution >= 4 is 46.2 Å². The summed E-state index contributed by atoms with van der Waals surface area (Å²) in [5.74, 6) is -0.519. The highest BCUT2D eigenvalue weighted by atomic mass is 16.5. The fraction of sp³-hybridized carbons (Fsp3) is 0.0645. The molecule has 0 aliphatic heterocycles. The lowest BCUT2D eigenvalue weighted by molar-refractivity contribution is -0.132. The van der Waals surface area contributed by atoms with Crippen LogP contribution in [0.15, 0.2) is 95.4 Å². The highest BCUT2D eigenvalue weighted by Gasteiger charge is 2.13. The molecule has 5 aromatic rings. The van der Waals surface area contributed by atoms with E-state index in [4.69, 9.17) is 13.9 Å². The zero-order valence-electron chi connectivity index (χ0n) is 22.0. The molecular formula is C31H23N3O7. The molecule has 2 N–H and O–H groups in total. The van der Waals surface area contributed by atoms with Crippen LogP contribution in [-0.2, 0) is 9.59 Å². The Morgan fingerprint density at radius 3 is 1.73 bits per heavy atom. The van der Waals surface area contributed by atoms with Crippen LogP contribution in [0.2, 0.25) is 0 Å². The molecule has 0 saturated carbocycles. The number of anilines is 2. The van der Waals surface area contributed by atoms with Crippen molar-refractivity contribution in [2.24, 2.45) is 0 Å². The fourth-order valence-corrected chi connectivity index (χ4v) is 3.95. The number of esters is 2. The fourth-order valence-electron chi connectivity index (χ4n) is 3.95. The smallest absolute Gasteiger partial charge is 0.308 e. The van der Waals surface area contributed by atoms with E-state index in [0.717, 1.165) is 0 Å². The van der Waals surface area contributed by atoms with Gasteiger partial charge in [0.15, 0.2) is 5.58 Å². The summed E-state index contributed by atoms with van der Waals surface area (Å²) in [6.45, 7) is 2.61. The third-order valence-electron chi connectivity index (χ3n) is 5.77. The van der Waals surface area contributed by atoms with E-state index in [9.17, 15) is 19.2 Å². The maximum Gasteiger partial charge on any atom is 0.308 e. The molecule has 204 valence electrons. The van der Waals surface area contributed by atoms with Crippen LogP contribution in [0.4, 0.5) is 11.4 Å². The minimum absolute atomic E-state index is 0.338. The van der Waals surface area contributed by atoms with Crippen molar-refractivity contribution in [1.82, 2.24) is 4.98 Å². The SMILES string of the molecule is CC(=O)Oc1ccc(C(=O)Nc2cccc(-c3nc4cc(NC(=O)c5ccc(OC(C)=O)cc5)ccc4o3)c2)cc1. The predicted octanol–water partition coefficient (Wildman–Crippen LogP) is 5.85. The van der Waals surface area contributed by atoms with E-state index in [-0.39, 0.29) is 11.8 Å². The summed E-state index contributed by atoms with van der Waals surface area (Å²) in [6.07, 6.45) is 0. The van der Waals surface area contributed by atoms with E-state index in [1.807, 2.05) is 0 Å². The number of nitrogens with one attached hydrogen (secondary N) is 2. The Kier molecular flexibility index (Phi) is 7.55. The zero-order chi connectivity index (χ0) is 28.9. The standard InChI is InChI=1S/C31H23N3O7/c1-18(35)39-25-11-6-20(7-12-25)29(37)32-23-5-3-4-22(16-23)31-34-27-17-24(10-15-28(27)41-31)33-30(38)21-8-13-26(14-9-21)40-19(2)36/h3-17H,1-2H3,(H,32,37)(H,33,38). The number of aromatic nitrogens is 1. The zero-order valence-corrected chi connectivity index (χ0v) is 22.0. The van der Waals surface area contributed by atoms with Crippen LogP contribution >= 0.6 is 0 Å². The molecule has 10 nitrogen and oxygen atoms in total. The second-order valence-electron chi connectivity index (χ2n) is 8.93. The minimum atomic E-state index is -0.441. The summed E-state index contributed by atoms with van der Waals surface area (Å²) in [5, 5.41) is 5.65. The summed E-state index contributed by atoms with van der Waals surface area (Å²) >= 11 is 0. The molecule has 0 bridgehead atoms. The topological polar surface area (TPSA) is 137 Å². The lowest BCUT2D eigenvalue weighted by Gasteiger charge is -2.07. The van der Waals surface area contributed by atoms with Gasteiger partial charge in [-0.05, 0) is 84.9 Å². The van der Waals surface area contributed by atoms with Gasteiger partial charge in [0.25, 0.3) is 11.8 Å². The predicted molar refractivity (Wildman–Crippen MR) is 151 cm³/mol. The first-order chi connectivity index (χ1) is 19.7. The van der Waals surface area contributed by atoms with Crippen LogP contribution in [0.5, 0.6) is 11.5 Å². The van der Waals surface area contributed by atoms with Gasteiger partial charge in [0.05, 0.1) is 0 Å². The van der Waals surface area contributed by atoms with Crippen molar-refractivity contribution in [3.8, 4) is 23.0 Å². The number of amides is 2. The van der Waals surface area contributed by atoms with Gasteiger partial charge in [-0.25, -0.2) is 4.98 Å². The van der Waals surface area contributed by atoms with Crippen LogP contribution in [0, 0.1) is 0 Å². The van der Waals surface area contributed by atoms with Crippen molar-refractivity contribution in [3.63, 3.8) is 0 Å². The Morgan fingerprint density at radius 1 is 0.659 bits per heavy atom. The molecule has 1 heterocycles. The van der Waals surface area contributed by atoms with E-state index in [1.165, 1.54) is 13.8 Å². The Bertz CT molecular complexity index is 1770. The molecule has 0 unspecified atom stereocenters. The van der Waals surface area contributed by atoms with Crippen LogP contribution in [0.3, 0.4) is 0 Å². The number of hydrogen-bond acceptors (Lipinski definition) is 8. The van der Waals surface area contributed by atoms with Crippen molar-refractivity contribution in [3.05, 3.63) is 102 Å². The lowest BCUT2D eigenvalue weighted by atomic mass is 10.1. The molecule has 5 rings (SSSR count). The Labute approximate surface area is 233 Å². The average Bonchev–Trinajstić information content (AvgIpc) is 3.37. The normalized spacial score (nSPS) is 10.6. The largest absolute Gasteiger partial charge is 0.436 e. The molecule has 0 aliphatic carbocycles. The first-order valence-electron chi connectivity index (χ1n) is 12.4. The monoisotopic (exact) mass is 549 g/mol. The number of oxazole rings is 1. The number of nitrogens with zero attached hydrogens (tertiary/aromatic N) is 1. The van der Waals surface area contributed by atoms with Gasteiger partial charge in [-0.15, -0.1) is 0 Å². The van der Waals surface area contributed by atoms with Gasteiger partial charge in [0, 0.05) is 41.9 Å². The number of fused-ring (bicyclic) bond motifs is 1. The highest BCUT2D eigenvalue weighted by molar-refractivity contribution is 6.05. The molecule has 0 aliphatic rings. The second-order valence-corrected chi connectivity index (χ2v) is 8.93. The molecule has 0 radical (unpaired) electrons. The van der Waals surface area contributed by atoms with Gasteiger partial charge in [0.1, 0.15) is 17.0 Å². The first-order valence-corrected chi connectivity index (χ1v) is 12.4. The Balaban J connectivity index is 1.28. The number of benzene rings is 4. The third-order valence-corrected chi connectivity index (χ3v) is 5.77. The summed E-state index contributed by atoms with van der Waals surface area (Å²) in [7, 11) is 0. The van der Waals surface area contributed by atoms with Crippen LogP contribution < -0.4 is 20.1 Å². The van der Waals surface area contributed by atoms with Gasteiger partial charge >= 0.3 is 11.9 Å². The van der Waals surface area contributed by atoms with Crippen molar-refractivity contribution in [2.75, 3.05) is 10.6 Å². The highest BCUT2D eigenvalue weighted by Crippen LogP contribution is 2.28. The van der Waals surface area contributed by atoms with Crippen LogP contribution in [-0.4, -0.2) is 28.7 Å². The van der Waals surface area contributed by atoms with Gasteiger partial charge in [-0.2, -0.15) is 0 Å². The van der Waals surface area contributed by atoms with Crippen LogP contribution in [0.1, 0.15) is 34.6 Å². The Hall–Kier alpha value is -5.77. The summed E-state index contributed by atoms with van der Waals surface area (Å²) in [4.78, 5) is 52.1. The number of carbonyl (C=O) groups excluding carboxylic acids is 4. The summed E-state index contributed by atoms with van der Waals surface area (Å²) in [6, 6.07) is 24.6. The molecule has 41 heavy (non-hydrogen) atoms. The number of ether oxygens (including phenoxy) is 2. The van der Waals surface area contributed by atoms with E-state index < -0.39 is 11.9 Å². The molecule has 10 heteroatoms. The van der Waals surface area contributed by atoms with E-state index >= 15 is 0 Å². The van der Waals surface area contributed by atoms with E-state index in [1.54, 1.807) is 91.0 Å². The minimum Gasteiger partial charge on any atom is -0.436 e. The van der Waals surface area contributed by atoms with Gasteiger partial charge < -0.3 is 24.5 Å². The lowest BCUT2D eigenvalue weighted by Crippen LogP contribution is -2.12. The number of carbonyl (C=O) groups is 4. The molecule has 0 atom stereocenters. The maximum absolute atomic E-state index is 12.7. The molecule has 0 saturated heterocycles. The maximum atomic E-state index is 12.7. The van der Waals surface area contributed by atoms with Gasteiger partial charge in [-0.1, -0.05) is 6.07 Å². The quantitative estimate of drug-likeness (QED) is 0.191. The molecule has 4 aromatic carbocycles.